The van der Waals surface area contributed by atoms with Gasteiger partial charge in [0.15, 0.2) is 0 Å². The molecule has 1 aromatic rings. The van der Waals surface area contributed by atoms with E-state index in [4.69, 9.17) is 4.42 Å². The fourth-order valence-electron chi connectivity index (χ4n) is 2.81. The van der Waals surface area contributed by atoms with Crippen molar-refractivity contribution in [1.29, 1.82) is 0 Å². The maximum Gasteiger partial charge on any atom is 0.117 e. The van der Waals surface area contributed by atoms with E-state index in [2.05, 4.69) is 26.1 Å². The van der Waals surface area contributed by atoms with Gasteiger partial charge < -0.3 is 9.73 Å². The highest BCUT2D eigenvalue weighted by Gasteiger charge is 2.36. The number of hydrogen-bond donors (Lipinski definition) is 1. The van der Waals surface area contributed by atoms with Gasteiger partial charge in [0.2, 0.25) is 0 Å². The smallest absolute Gasteiger partial charge is 0.117 e. The van der Waals surface area contributed by atoms with Gasteiger partial charge in [0, 0.05) is 6.04 Å². The van der Waals surface area contributed by atoms with Crippen molar-refractivity contribution in [1.82, 2.24) is 5.32 Å². The molecule has 2 heteroatoms. The van der Waals surface area contributed by atoms with Gasteiger partial charge in [-0.1, -0.05) is 20.8 Å². The molecule has 0 saturated heterocycles. The Kier molecular flexibility index (Phi) is 2.87. The van der Waals surface area contributed by atoms with Gasteiger partial charge in [-0.15, -0.1) is 0 Å². The molecular formula is C13H21NO. The summed E-state index contributed by atoms with van der Waals surface area (Å²) in [7, 11) is 0. The van der Waals surface area contributed by atoms with E-state index >= 15 is 0 Å². The monoisotopic (exact) mass is 207 g/mol. The van der Waals surface area contributed by atoms with E-state index in [1.165, 1.54) is 12.8 Å². The molecule has 1 heterocycles. The molecule has 1 fully saturated rings. The van der Waals surface area contributed by atoms with Crippen LogP contribution in [0.2, 0.25) is 0 Å². The van der Waals surface area contributed by atoms with Crippen LogP contribution in [0, 0.1) is 11.3 Å². The first-order chi connectivity index (χ1) is 7.07. The van der Waals surface area contributed by atoms with Crippen LogP contribution in [0.5, 0.6) is 0 Å². The normalized spacial score (nSPS) is 29.5. The van der Waals surface area contributed by atoms with Gasteiger partial charge in [0.1, 0.15) is 5.76 Å². The maximum absolute atomic E-state index is 5.32. The van der Waals surface area contributed by atoms with Crippen molar-refractivity contribution < 1.29 is 4.42 Å². The summed E-state index contributed by atoms with van der Waals surface area (Å²) in [5.41, 5.74) is 0.500. The Morgan fingerprint density at radius 3 is 2.80 bits per heavy atom. The summed E-state index contributed by atoms with van der Waals surface area (Å²) in [6.07, 6.45) is 4.33. The zero-order valence-electron chi connectivity index (χ0n) is 9.92. The molecule has 1 N–H and O–H groups in total. The van der Waals surface area contributed by atoms with Crippen LogP contribution in [-0.2, 0) is 6.54 Å². The SMILES string of the molecule is CC1CC(C)(C)CC1NCc1ccco1. The van der Waals surface area contributed by atoms with Crippen LogP contribution in [0.15, 0.2) is 22.8 Å². The van der Waals surface area contributed by atoms with Crippen LogP contribution in [0.1, 0.15) is 39.4 Å². The number of nitrogens with one attached hydrogen (secondary N) is 1. The number of rotatable bonds is 3. The predicted octanol–water partition coefficient (Wildman–Crippen LogP) is 3.19. The summed E-state index contributed by atoms with van der Waals surface area (Å²) >= 11 is 0. The molecule has 2 nitrogen and oxygen atoms in total. The van der Waals surface area contributed by atoms with Gasteiger partial charge in [-0.2, -0.15) is 0 Å². The van der Waals surface area contributed by atoms with E-state index in [-0.39, 0.29) is 0 Å². The van der Waals surface area contributed by atoms with Crippen molar-refractivity contribution in [2.24, 2.45) is 11.3 Å². The van der Waals surface area contributed by atoms with Gasteiger partial charge in [0.05, 0.1) is 12.8 Å². The molecule has 0 radical (unpaired) electrons. The van der Waals surface area contributed by atoms with Gasteiger partial charge in [-0.25, -0.2) is 0 Å². The minimum absolute atomic E-state index is 0.500. The first-order valence-corrected chi connectivity index (χ1v) is 5.83. The van der Waals surface area contributed by atoms with E-state index in [1.807, 2.05) is 12.1 Å². The Balaban J connectivity index is 1.85. The minimum atomic E-state index is 0.500. The van der Waals surface area contributed by atoms with Gasteiger partial charge >= 0.3 is 0 Å². The molecule has 0 aliphatic heterocycles. The summed E-state index contributed by atoms with van der Waals surface area (Å²) < 4.78 is 5.32. The highest BCUT2D eigenvalue weighted by atomic mass is 16.3. The first kappa shape index (κ1) is 10.7. The summed E-state index contributed by atoms with van der Waals surface area (Å²) in [6, 6.07) is 4.61. The molecular weight excluding hydrogens is 186 g/mol. The maximum atomic E-state index is 5.32. The van der Waals surface area contributed by atoms with Crippen molar-refractivity contribution in [2.75, 3.05) is 0 Å². The lowest BCUT2D eigenvalue weighted by molar-refractivity contribution is 0.359. The van der Waals surface area contributed by atoms with Gasteiger partial charge in [0.25, 0.3) is 0 Å². The van der Waals surface area contributed by atoms with Crippen molar-refractivity contribution in [3.05, 3.63) is 24.2 Å². The number of furan rings is 1. The Morgan fingerprint density at radius 2 is 2.27 bits per heavy atom. The lowest BCUT2D eigenvalue weighted by Gasteiger charge is -2.17. The van der Waals surface area contributed by atoms with Crippen LogP contribution >= 0.6 is 0 Å². The van der Waals surface area contributed by atoms with Gasteiger partial charge in [-0.3, -0.25) is 0 Å². The predicted molar refractivity (Wildman–Crippen MR) is 61.5 cm³/mol. The largest absolute Gasteiger partial charge is 0.468 e. The average molecular weight is 207 g/mol. The molecule has 2 unspecified atom stereocenters. The molecule has 15 heavy (non-hydrogen) atoms. The molecule has 0 spiro atoms. The van der Waals surface area contributed by atoms with Crippen LogP contribution in [0.3, 0.4) is 0 Å². The third-order valence-corrected chi connectivity index (χ3v) is 3.45. The third-order valence-electron chi connectivity index (χ3n) is 3.45. The summed E-state index contributed by atoms with van der Waals surface area (Å²) in [6.45, 7) is 7.92. The fourth-order valence-corrected chi connectivity index (χ4v) is 2.81. The molecule has 0 bridgehead atoms. The van der Waals surface area contributed by atoms with Crippen LogP contribution in [0.25, 0.3) is 0 Å². The molecule has 0 aromatic carbocycles. The van der Waals surface area contributed by atoms with Gasteiger partial charge in [-0.05, 0) is 36.3 Å². The minimum Gasteiger partial charge on any atom is -0.468 e. The Hall–Kier alpha value is -0.760. The van der Waals surface area contributed by atoms with Crippen LogP contribution in [-0.4, -0.2) is 6.04 Å². The second-order valence-corrected chi connectivity index (χ2v) is 5.62. The Morgan fingerprint density at radius 1 is 1.47 bits per heavy atom. The second kappa shape index (κ2) is 4.01. The second-order valence-electron chi connectivity index (χ2n) is 5.62. The highest BCUT2D eigenvalue weighted by molar-refractivity contribution is 4.99. The van der Waals surface area contributed by atoms with E-state index in [9.17, 15) is 0 Å². The molecule has 2 rings (SSSR count). The molecule has 1 aliphatic rings. The van der Waals surface area contributed by atoms with E-state index in [0.717, 1.165) is 18.2 Å². The van der Waals surface area contributed by atoms with Crippen molar-refractivity contribution in [2.45, 2.75) is 46.2 Å². The fraction of sp³-hybridized carbons (Fsp3) is 0.692. The summed E-state index contributed by atoms with van der Waals surface area (Å²) in [4.78, 5) is 0. The highest BCUT2D eigenvalue weighted by Crippen LogP contribution is 2.40. The average Bonchev–Trinajstić information content (AvgIpc) is 2.70. The van der Waals surface area contributed by atoms with E-state index in [1.54, 1.807) is 6.26 Å². The van der Waals surface area contributed by atoms with E-state index < -0.39 is 0 Å². The van der Waals surface area contributed by atoms with Crippen molar-refractivity contribution in [3.8, 4) is 0 Å². The standard InChI is InChI=1S/C13H21NO/c1-10-7-13(2,3)8-12(10)14-9-11-5-4-6-15-11/h4-6,10,12,14H,7-9H2,1-3H3. The van der Waals surface area contributed by atoms with Crippen LogP contribution < -0.4 is 5.32 Å². The molecule has 2 atom stereocenters. The first-order valence-electron chi connectivity index (χ1n) is 5.83. The van der Waals surface area contributed by atoms with Crippen molar-refractivity contribution in [3.63, 3.8) is 0 Å². The molecule has 0 amide bonds. The summed E-state index contributed by atoms with van der Waals surface area (Å²) in [5.74, 6) is 1.81. The Labute approximate surface area is 92.1 Å². The lowest BCUT2D eigenvalue weighted by atomic mass is 9.91. The van der Waals surface area contributed by atoms with Crippen LogP contribution in [0.4, 0.5) is 0 Å². The third kappa shape index (κ3) is 2.63. The van der Waals surface area contributed by atoms with E-state index in [0.29, 0.717) is 11.5 Å². The topological polar surface area (TPSA) is 25.2 Å². The zero-order chi connectivity index (χ0) is 10.9. The molecule has 1 aromatic heterocycles. The quantitative estimate of drug-likeness (QED) is 0.823. The molecule has 1 aliphatic carbocycles. The number of hydrogen-bond acceptors (Lipinski definition) is 2. The Bertz CT molecular complexity index is 302. The molecule has 84 valence electrons. The lowest BCUT2D eigenvalue weighted by Crippen LogP contribution is -2.30. The van der Waals surface area contributed by atoms with Crippen molar-refractivity contribution >= 4 is 0 Å². The molecule has 1 saturated carbocycles. The summed E-state index contributed by atoms with van der Waals surface area (Å²) in [5, 5.41) is 3.60. The zero-order valence-corrected chi connectivity index (χ0v) is 9.92.